The summed E-state index contributed by atoms with van der Waals surface area (Å²) >= 11 is 0. The van der Waals surface area contributed by atoms with E-state index in [0.29, 0.717) is 28.9 Å². The Balaban J connectivity index is 1.56. The number of H-pyrrole nitrogens is 1. The Hall–Kier alpha value is -3.41. The number of anilines is 2. The normalized spacial score (nSPS) is 17.9. The summed E-state index contributed by atoms with van der Waals surface area (Å²) in [5, 5.41) is 19.8. The Morgan fingerprint density at radius 1 is 1.10 bits per heavy atom. The van der Waals surface area contributed by atoms with Crippen molar-refractivity contribution >= 4 is 42.7 Å². The number of amides is 1. The van der Waals surface area contributed by atoms with Gasteiger partial charge in [-0.15, -0.1) is 9.24 Å². The molecule has 5 rings (SSSR count). The summed E-state index contributed by atoms with van der Waals surface area (Å²) in [6.45, 7) is 1.49. The van der Waals surface area contributed by atoms with Crippen molar-refractivity contribution in [3.05, 3.63) is 88.0 Å². The second-order valence-electron chi connectivity index (χ2n) is 7.73. The number of hydrogen-bond acceptors (Lipinski definition) is 5. The Labute approximate surface area is 180 Å². The monoisotopic (exact) mass is 430 g/mol. The van der Waals surface area contributed by atoms with Crippen molar-refractivity contribution in [1.82, 2.24) is 15.2 Å². The van der Waals surface area contributed by atoms with Crippen molar-refractivity contribution in [2.75, 3.05) is 4.90 Å². The Bertz CT molecular complexity index is 1410. The number of rotatable bonds is 3. The molecule has 7 nitrogen and oxygen atoms in total. The summed E-state index contributed by atoms with van der Waals surface area (Å²) in [6.07, 6.45) is 2.07. The van der Waals surface area contributed by atoms with Gasteiger partial charge in [0, 0.05) is 23.6 Å². The van der Waals surface area contributed by atoms with E-state index in [4.69, 9.17) is 0 Å². The zero-order valence-electron chi connectivity index (χ0n) is 16.7. The molecule has 1 aliphatic heterocycles. The number of aliphatic hydroxyl groups is 1. The number of nitrogens with one attached hydrogen (secondary N) is 1. The Morgan fingerprint density at radius 2 is 1.90 bits per heavy atom. The number of carbonyl (C=O) groups is 1. The zero-order chi connectivity index (χ0) is 21.8. The van der Waals surface area contributed by atoms with Crippen LogP contribution in [0.3, 0.4) is 0 Å². The fourth-order valence-corrected chi connectivity index (χ4v) is 4.27. The van der Waals surface area contributed by atoms with Gasteiger partial charge in [0.1, 0.15) is 5.82 Å². The van der Waals surface area contributed by atoms with Gasteiger partial charge in [0.15, 0.2) is 5.60 Å². The van der Waals surface area contributed by atoms with E-state index in [1.165, 1.54) is 11.8 Å². The standard InChI is InChI=1S/C23H19N4O3P/c1-23(30)17-4-2-3-5-19(17)27(22(23)29)20-11-13(8-9-24-20)10-18-15-7-6-14(31)12-16(15)21(28)26-25-18/h2-9,11-12,30H,10,31H2,1H3,(H,26,28). The fourth-order valence-electron chi connectivity index (χ4n) is 4.01. The molecule has 154 valence electrons. The van der Waals surface area contributed by atoms with Crippen LogP contribution in [0.1, 0.15) is 23.7 Å². The van der Waals surface area contributed by atoms with Crippen LogP contribution in [0.25, 0.3) is 10.8 Å². The first kappa shape index (κ1) is 19.5. The lowest BCUT2D eigenvalue weighted by Crippen LogP contribution is -2.35. The maximum Gasteiger partial charge on any atom is 0.272 e. The maximum absolute atomic E-state index is 13.0. The summed E-state index contributed by atoms with van der Waals surface area (Å²) < 4.78 is 0. The number of pyridine rings is 1. The van der Waals surface area contributed by atoms with Gasteiger partial charge in [-0.1, -0.05) is 30.3 Å². The molecule has 2 unspecified atom stereocenters. The molecule has 2 atom stereocenters. The number of para-hydroxylation sites is 1. The topological polar surface area (TPSA) is 99.2 Å². The van der Waals surface area contributed by atoms with Gasteiger partial charge in [-0.25, -0.2) is 10.1 Å². The smallest absolute Gasteiger partial charge is 0.272 e. The fraction of sp³-hybridized carbons (Fsp3) is 0.130. The lowest BCUT2D eigenvalue weighted by Gasteiger charge is -2.19. The van der Waals surface area contributed by atoms with Crippen molar-refractivity contribution < 1.29 is 9.90 Å². The molecule has 3 heterocycles. The minimum absolute atomic E-state index is 0.236. The lowest BCUT2D eigenvalue weighted by molar-refractivity contribution is -0.133. The summed E-state index contributed by atoms with van der Waals surface area (Å²) in [7, 11) is 2.59. The molecule has 0 spiro atoms. The summed E-state index contributed by atoms with van der Waals surface area (Å²) in [5.74, 6) is -0.0207. The van der Waals surface area contributed by atoms with Crippen LogP contribution in [0.5, 0.6) is 0 Å². The van der Waals surface area contributed by atoms with Crippen molar-refractivity contribution in [3.63, 3.8) is 0 Å². The number of aromatic amines is 1. The van der Waals surface area contributed by atoms with Crippen molar-refractivity contribution in [2.24, 2.45) is 0 Å². The molecule has 8 heteroatoms. The van der Waals surface area contributed by atoms with Crippen LogP contribution in [-0.2, 0) is 16.8 Å². The van der Waals surface area contributed by atoms with Gasteiger partial charge in [-0.05, 0) is 42.1 Å². The van der Waals surface area contributed by atoms with Crippen LogP contribution in [0.15, 0.2) is 65.6 Å². The number of aromatic nitrogens is 3. The zero-order valence-corrected chi connectivity index (χ0v) is 17.8. The van der Waals surface area contributed by atoms with Crippen molar-refractivity contribution in [1.29, 1.82) is 0 Å². The predicted octanol–water partition coefficient (Wildman–Crippen LogP) is 2.30. The highest BCUT2D eigenvalue weighted by Gasteiger charge is 2.47. The number of nitrogens with zero attached hydrogens (tertiary/aromatic N) is 3. The van der Waals surface area contributed by atoms with Gasteiger partial charge >= 0.3 is 0 Å². The molecule has 0 saturated carbocycles. The van der Waals surface area contributed by atoms with Gasteiger partial charge in [0.25, 0.3) is 11.5 Å². The third-order valence-corrected chi connectivity index (χ3v) is 5.95. The van der Waals surface area contributed by atoms with E-state index in [-0.39, 0.29) is 5.56 Å². The van der Waals surface area contributed by atoms with Crippen molar-refractivity contribution in [3.8, 4) is 0 Å². The number of carbonyl (C=O) groups excluding carboxylic acids is 1. The van der Waals surface area contributed by atoms with Gasteiger partial charge in [0.05, 0.1) is 16.8 Å². The number of hydrogen-bond donors (Lipinski definition) is 2. The van der Waals surface area contributed by atoms with Crippen molar-refractivity contribution in [2.45, 2.75) is 18.9 Å². The molecule has 1 aliphatic rings. The molecule has 0 aliphatic carbocycles. The highest BCUT2D eigenvalue weighted by molar-refractivity contribution is 7.27. The average molecular weight is 430 g/mol. The maximum atomic E-state index is 13.0. The molecule has 31 heavy (non-hydrogen) atoms. The molecule has 2 N–H and O–H groups in total. The Kier molecular flexibility index (Phi) is 4.46. The highest BCUT2D eigenvalue weighted by Crippen LogP contribution is 2.43. The molecular formula is C23H19N4O3P. The van der Waals surface area contributed by atoms with Gasteiger partial charge in [-0.3, -0.25) is 14.5 Å². The summed E-state index contributed by atoms with van der Waals surface area (Å²) in [6, 6.07) is 16.4. The molecule has 0 bridgehead atoms. The number of fused-ring (bicyclic) bond motifs is 2. The molecule has 2 aromatic carbocycles. The van der Waals surface area contributed by atoms with E-state index in [0.717, 1.165) is 21.9 Å². The van der Waals surface area contributed by atoms with E-state index < -0.39 is 11.5 Å². The molecule has 0 fully saturated rings. The molecular weight excluding hydrogens is 411 g/mol. The van der Waals surface area contributed by atoms with Crippen LogP contribution < -0.4 is 15.8 Å². The first-order valence-corrected chi connectivity index (χ1v) is 10.3. The molecule has 1 amide bonds. The lowest BCUT2D eigenvalue weighted by atomic mass is 9.98. The SMILES string of the molecule is CC1(O)C(=O)N(c2cc(Cc3n[nH]c(=O)c4cc(P)ccc34)ccn2)c2ccccc21. The largest absolute Gasteiger partial charge is 0.375 e. The predicted molar refractivity (Wildman–Crippen MR) is 122 cm³/mol. The van der Waals surface area contributed by atoms with Crippen LogP contribution in [0.2, 0.25) is 0 Å². The second kappa shape index (κ2) is 7.08. The van der Waals surface area contributed by atoms with E-state index in [1.807, 2.05) is 30.3 Å². The summed E-state index contributed by atoms with van der Waals surface area (Å²) in [5.41, 5.74) is 0.909. The van der Waals surface area contributed by atoms with Gasteiger partial charge in [0.2, 0.25) is 0 Å². The van der Waals surface area contributed by atoms with E-state index in [9.17, 15) is 14.7 Å². The van der Waals surface area contributed by atoms with E-state index in [2.05, 4.69) is 24.4 Å². The van der Waals surface area contributed by atoms with Crippen LogP contribution in [0.4, 0.5) is 11.5 Å². The third kappa shape index (κ3) is 3.14. The second-order valence-corrected chi connectivity index (χ2v) is 8.40. The van der Waals surface area contributed by atoms with Crippen LogP contribution >= 0.6 is 9.24 Å². The van der Waals surface area contributed by atoms with Gasteiger partial charge in [-0.2, -0.15) is 5.10 Å². The summed E-state index contributed by atoms with van der Waals surface area (Å²) in [4.78, 5) is 31.0. The minimum Gasteiger partial charge on any atom is -0.375 e. The molecule has 4 aromatic rings. The number of benzene rings is 2. The van der Waals surface area contributed by atoms with Crippen LogP contribution in [-0.4, -0.2) is 26.2 Å². The average Bonchev–Trinajstić information content (AvgIpc) is 2.96. The van der Waals surface area contributed by atoms with E-state index >= 15 is 0 Å². The Morgan fingerprint density at radius 3 is 2.74 bits per heavy atom. The van der Waals surface area contributed by atoms with Gasteiger partial charge < -0.3 is 5.11 Å². The molecule has 2 aromatic heterocycles. The van der Waals surface area contributed by atoms with E-state index in [1.54, 1.807) is 30.5 Å². The third-order valence-electron chi connectivity index (χ3n) is 5.59. The first-order valence-electron chi connectivity index (χ1n) is 9.74. The molecule has 0 radical (unpaired) electrons. The van der Waals surface area contributed by atoms with Crippen LogP contribution in [0, 0.1) is 0 Å². The molecule has 0 saturated heterocycles. The quantitative estimate of drug-likeness (QED) is 0.486. The first-order chi connectivity index (χ1) is 14.9. The highest BCUT2D eigenvalue weighted by atomic mass is 31.0. The minimum atomic E-state index is -1.61.